The molecule has 38 valence electrons. The third kappa shape index (κ3) is 0.738. The summed E-state index contributed by atoms with van der Waals surface area (Å²) in [5.74, 6) is 0.678. The smallest absolute Gasteiger partial charge is 0.149 e. The maximum absolute atomic E-state index is 4.73. The van der Waals surface area contributed by atoms with Gasteiger partial charge in [-0.3, -0.25) is 0 Å². The zero-order chi connectivity index (χ0) is 5.28. The molecule has 0 radical (unpaired) electrons. The lowest BCUT2D eigenvalue weighted by atomic mass is 10.4. The predicted molar refractivity (Wildman–Crippen MR) is 27.1 cm³/mol. The van der Waals surface area contributed by atoms with Crippen molar-refractivity contribution < 1.29 is 4.84 Å². The van der Waals surface area contributed by atoms with Crippen LogP contribution in [0.5, 0.6) is 0 Å². The number of hydrogen-bond acceptors (Lipinski definition) is 2. The van der Waals surface area contributed by atoms with E-state index in [-0.39, 0.29) is 0 Å². The van der Waals surface area contributed by atoms with Crippen LogP contribution >= 0.6 is 0 Å². The van der Waals surface area contributed by atoms with Crippen LogP contribution in [0.3, 0.4) is 0 Å². The number of hydrogen-bond donors (Lipinski definition) is 1. The van der Waals surface area contributed by atoms with Gasteiger partial charge in [0.15, 0.2) is 0 Å². The van der Waals surface area contributed by atoms with Gasteiger partial charge in [-0.05, 0) is 6.92 Å². The third-order valence-corrected chi connectivity index (χ3v) is 0.721. The Labute approximate surface area is 42.4 Å². The Kier molecular flexibility index (Phi) is 0.785. The Morgan fingerprint density at radius 1 is 1.86 bits per heavy atom. The number of allylic oxidation sites excluding steroid dienone is 2. The summed E-state index contributed by atoms with van der Waals surface area (Å²) in [6.45, 7) is 5.46. The molecule has 0 aliphatic carbocycles. The topological polar surface area (TPSA) is 21.3 Å². The Balaban J connectivity index is 2.67. The molecule has 0 saturated heterocycles. The second-order valence-electron chi connectivity index (χ2n) is 1.50. The average Bonchev–Trinajstić information content (AvgIpc) is 1.87. The van der Waals surface area contributed by atoms with Gasteiger partial charge in [-0.1, -0.05) is 6.58 Å². The van der Waals surface area contributed by atoms with Crippen LogP contribution in [0.15, 0.2) is 24.1 Å². The fraction of sp³-hybridized carbons (Fsp3) is 0.200. The van der Waals surface area contributed by atoms with E-state index < -0.39 is 0 Å². The van der Waals surface area contributed by atoms with Gasteiger partial charge >= 0.3 is 0 Å². The minimum absolute atomic E-state index is 0.678. The van der Waals surface area contributed by atoms with Gasteiger partial charge in [-0.2, -0.15) is 0 Å². The van der Waals surface area contributed by atoms with E-state index in [1.807, 2.05) is 13.0 Å². The standard InChI is InChI=1S/C5H7NO/c1-4-3-5(2)7-6-4/h3,6H,2H2,1H3. The zero-order valence-electron chi connectivity index (χ0n) is 4.19. The molecule has 7 heavy (non-hydrogen) atoms. The highest BCUT2D eigenvalue weighted by molar-refractivity contribution is 5.16. The van der Waals surface area contributed by atoms with Crippen LogP contribution in [-0.2, 0) is 4.84 Å². The second-order valence-corrected chi connectivity index (χ2v) is 1.50. The van der Waals surface area contributed by atoms with E-state index in [0.717, 1.165) is 5.70 Å². The first-order valence-electron chi connectivity index (χ1n) is 2.09. The molecule has 1 N–H and O–H groups in total. The van der Waals surface area contributed by atoms with Crippen molar-refractivity contribution in [2.24, 2.45) is 0 Å². The Hall–Kier alpha value is -0.920. The summed E-state index contributed by atoms with van der Waals surface area (Å²) >= 11 is 0. The molecule has 0 aromatic rings. The summed E-state index contributed by atoms with van der Waals surface area (Å²) in [5.41, 5.74) is 3.64. The first-order valence-corrected chi connectivity index (χ1v) is 2.09. The van der Waals surface area contributed by atoms with Crippen molar-refractivity contribution in [1.82, 2.24) is 5.48 Å². The fourth-order valence-corrected chi connectivity index (χ4v) is 0.446. The molecule has 1 rings (SSSR count). The van der Waals surface area contributed by atoms with E-state index in [1.54, 1.807) is 0 Å². The maximum atomic E-state index is 4.73. The Bertz CT molecular complexity index is 126. The van der Waals surface area contributed by atoms with Crippen molar-refractivity contribution in [1.29, 1.82) is 0 Å². The van der Waals surface area contributed by atoms with E-state index in [2.05, 4.69) is 12.1 Å². The molecule has 0 unspecified atom stereocenters. The molecular weight excluding hydrogens is 90.1 g/mol. The van der Waals surface area contributed by atoms with Crippen LogP contribution in [-0.4, -0.2) is 0 Å². The van der Waals surface area contributed by atoms with E-state index in [1.165, 1.54) is 0 Å². The quantitative estimate of drug-likeness (QED) is 0.485. The fourth-order valence-electron chi connectivity index (χ4n) is 0.446. The number of rotatable bonds is 0. The molecule has 1 heterocycles. The summed E-state index contributed by atoms with van der Waals surface area (Å²) in [7, 11) is 0. The molecule has 1 aliphatic rings. The molecule has 0 bridgehead atoms. The van der Waals surface area contributed by atoms with Crippen molar-refractivity contribution >= 4 is 0 Å². The molecule has 0 saturated carbocycles. The van der Waals surface area contributed by atoms with E-state index in [0.29, 0.717) is 5.76 Å². The van der Waals surface area contributed by atoms with E-state index in [9.17, 15) is 0 Å². The van der Waals surface area contributed by atoms with Crippen molar-refractivity contribution in [3.05, 3.63) is 24.1 Å². The van der Waals surface area contributed by atoms with Crippen molar-refractivity contribution in [3.8, 4) is 0 Å². The largest absolute Gasteiger partial charge is 0.383 e. The summed E-state index contributed by atoms with van der Waals surface area (Å²) in [5, 5.41) is 0. The Morgan fingerprint density at radius 2 is 2.57 bits per heavy atom. The molecule has 1 aliphatic heterocycles. The minimum atomic E-state index is 0.678. The zero-order valence-corrected chi connectivity index (χ0v) is 4.19. The average molecular weight is 97.1 g/mol. The molecule has 2 nitrogen and oxygen atoms in total. The van der Waals surface area contributed by atoms with Crippen LogP contribution < -0.4 is 5.48 Å². The van der Waals surface area contributed by atoms with E-state index >= 15 is 0 Å². The van der Waals surface area contributed by atoms with Crippen LogP contribution in [0.2, 0.25) is 0 Å². The molecule has 0 aromatic carbocycles. The monoisotopic (exact) mass is 97.1 g/mol. The molecule has 0 aromatic heterocycles. The highest BCUT2D eigenvalue weighted by atomic mass is 16.7. The summed E-state index contributed by atoms with van der Waals surface area (Å²) in [6, 6.07) is 0. The molecule has 0 spiro atoms. The van der Waals surface area contributed by atoms with Crippen molar-refractivity contribution in [2.45, 2.75) is 6.92 Å². The van der Waals surface area contributed by atoms with Crippen molar-refractivity contribution in [3.63, 3.8) is 0 Å². The lowest BCUT2D eigenvalue weighted by molar-refractivity contribution is 0.164. The van der Waals surface area contributed by atoms with Gasteiger partial charge in [0, 0.05) is 11.8 Å². The molecule has 0 amide bonds. The number of nitrogens with one attached hydrogen (secondary N) is 1. The first-order chi connectivity index (χ1) is 3.29. The van der Waals surface area contributed by atoms with Gasteiger partial charge < -0.3 is 4.84 Å². The van der Waals surface area contributed by atoms with Crippen molar-refractivity contribution in [2.75, 3.05) is 0 Å². The normalized spacial score (nSPS) is 17.9. The highest BCUT2D eigenvalue weighted by Crippen LogP contribution is 2.04. The number of hydroxylamine groups is 1. The first kappa shape index (κ1) is 4.24. The second kappa shape index (κ2) is 1.30. The molecule has 2 heteroatoms. The lowest BCUT2D eigenvalue weighted by Gasteiger charge is -1.93. The van der Waals surface area contributed by atoms with Crippen LogP contribution in [0.4, 0.5) is 0 Å². The van der Waals surface area contributed by atoms with Gasteiger partial charge in [-0.25, -0.2) is 5.48 Å². The highest BCUT2D eigenvalue weighted by Gasteiger charge is 1.99. The van der Waals surface area contributed by atoms with Gasteiger partial charge in [0.25, 0.3) is 0 Å². The van der Waals surface area contributed by atoms with Gasteiger partial charge in [-0.15, -0.1) is 0 Å². The molecule has 0 atom stereocenters. The van der Waals surface area contributed by atoms with Gasteiger partial charge in [0.2, 0.25) is 0 Å². The van der Waals surface area contributed by atoms with Crippen LogP contribution in [0, 0.1) is 0 Å². The minimum Gasteiger partial charge on any atom is -0.383 e. The Morgan fingerprint density at radius 3 is 2.71 bits per heavy atom. The molecular formula is C5H7NO. The summed E-state index contributed by atoms with van der Waals surface area (Å²) in [4.78, 5) is 4.73. The summed E-state index contributed by atoms with van der Waals surface area (Å²) < 4.78 is 0. The summed E-state index contributed by atoms with van der Waals surface area (Å²) in [6.07, 6.45) is 1.83. The predicted octanol–water partition coefficient (Wildman–Crippen LogP) is 0.939. The molecule has 0 fully saturated rings. The van der Waals surface area contributed by atoms with Gasteiger partial charge in [0.05, 0.1) is 0 Å². The van der Waals surface area contributed by atoms with E-state index in [4.69, 9.17) is 4.84 Å². The SMILES string of the molecule is C=C1C=C(C)NO1. The van der Waals surface area contributed by atoms with Crippen LogP contribution in [0.1, 0.15) is 6.92 Å². The van der Waals surface area contributed by atoms with Crippen LogP contribution in [0.25, 0.3) is 0 Å². The maximum Gasteiger partial charge on any atom is 0.149 e. The van der Waals surface area contributed by atoms with Gasteiger partial charge in [0.1, 0.15) is 5.76 Å². The lowest BCUT2D eigenvalue weighted by Crippen LogP contribution is -2.01. The third-order valence-electron chi connectivity index (χ3n) is 0.721.